The van der Waals surface area contributed by atoms with Gasteiger partial charge in [-0.3, -0.25) is 4.79 Å². The second kappa shape index (κ2) is 5.21. The molecule has 0 radical (unpaired) electrons. The lowest BCUT2D eigenvalue weighted by molar-refractivity contribution is -0.148. The number of benzene rings is 1. The molecule has 0 aromatic heterocycles. The van der Waals surface area contributed by atoms with Crippen molar-refractivity contribution in [2.45, 2.75) is 39.2 Å². The van der Waals surface area contributed by atoms with Crippen molar-refractivity contribution in [3.63, 3.8) is 0 Å². The molecular formula is C15H21NO3. The van der Waals surface area contributed by atoms with Crippen molar-refractivity contribution in [3.05, 3.63) is 29.3 Å². The standard InChI is InChI=1S/C15H21NO3/c1-15(2,14(17)18)9-19-11-7-6-10-4-3-5-13(16)12(10)8-11/h6-8,13H,3-5,9,16H2,1-2H3,(H,17,18)/t13-/m0/s1. The Morgan fingerprint density at radius 3 is 2.95 bits per heavy atom. The van der Waals surface area contributed by atoms with Gasteiger partial charge < -0.3 is 15.6 Å². The normalized spacial score (nSPS) is 18.8. The third-order valence-electron chi connectivity index (χ3n) is 3.66. The molecule has 0 unspecified atom stereocenters. The van der Waals surface area contributed by atoms with Crippen LogP contribution in [-0.4, -0.2) is 17.7 Å². The highest BCUT2D eigenvalue weighted by Gasteiger charge is 2.28. The van der Waals surface area contributed by atoms with Crippen molar-refractivity contribution >= 4 is 5.97 Å². The summed E-state index contributed by atoms with van der Waals surface area (Å²) in [5, 5.41) is 9.05. The molecule has 0 bridgehead atoms. The third kappa shape index (κ3) is 3.07. The summed E-state index contributed by atoms with van der Waals surface area (Å²) in [7, 11) is 0. The minimum atomic E-state index is -0.891. The number of rotatable bonds is 4. The van der Waals surface area contributed by atoms with Gasteiger partial charge in [0.2, 0.25) is 0 Å². The molecule has 1 aliphatic rings. The second-order valence-corrected chi connectivity index (χ2v) is 5.84. The number of carbonyl (C=O) groups is 1. The average Bonchev–Trinajstić information content (AvgIpc) is 2.37. The Morgan fingerprint density at radius 1 is 1.53 bits per heavy atom. The molecule has 1 aromatic rings. The van der Waals surface area contributed by atoms with Crippen LogP contribution in [0.3, 0.4) is 0 Å². The Balaban J connectivity index is 2.10. The molecule has 0 amide bonds. The minimum absolute atomic E-state index is 0.0692. The number of hydrogen-bond donors (Lipinski definition) is 2. The maximum atomic E-state index is 11.0. The van der Waals surface area contributed by atoms with Crippen LogP contribution in [0.4, 0.5) is 0 Å². The molecule has 104 valence electrons. The van der Waals surface area contributed by atoms with E-state index in [-0.39, 0.29) is 12.6 Å². The molecule has 0 heterocycles. The molecule has 19 heavy (non-hydrogen) atoms. The molecule has 1 aromatic carbocycles. The van der Waals surface area contributed by atoms with Crippen LogP contribution in [0.2, 0.25) is 0 Å². The van der Waals surface area contributed by atoms with Crippen LogP contribution in [0.1, 0.15) is 43.9 Å². The quantitative estimate of drug-likeness (QED) is 0.875. The molecule has 0 fully saturated rings. The maximum absolute atomic E-state index is 11.0. The lowest BCUT2D eigenvalue weighted by atomic mass is 9.88. The highest BCUT2D eigenvalue weighted by Crippen LogP contribution is 2.31. The summed E-state index contributed by atoms with van der Waals surface area (Å²) in [6.07, 6.45) is 3.18. The Kier molecular flexibility index (Phi) is 3.80. The number of hydrogen-bond acceptors (Lipinski definition) is 3. The molecule has 4 nitrogen and oxygen atoms in total. The predicted octanol–water partition coefficient (Wildman–Crippen LogP) is 2.51. The number of aliphatic carboxylic acids is 1. The van der Waals surface area contributed by atoms with E-state index in [4.69, 9.17) is 15.6 Å². The molecule has 1 aliphatic carbocycles. The topological polar surface area (TPSA) is 72.5 Å². The van der Waals surface area contributed by atoms with Crippen LogP contribution in [0.25, 0.3) is 0 Å². The van der Waals surface area contributed by atoms with Crippen molar-refractivity contribution in [1.82, 2.24) is 0 Å². The number of carboxylic acid groups (broad SMARTS) is 1. The van der Waals surface area contributed by atoms with Gasteiger partial charge in [-0.1, -0.05) is 6.07 Å². The van der Waals surface area contributed by atoms with Crippen LogP contribution in [0.15, 0.2) is 18.2 Å². The Labute approximate surface area is 113 Å². The molecule has 3 N–H and O–H groups in total. The molecule has 2 rings (SSSR count). The van der Waals surface area contributed by atoms with E-state index in [0.717, 1.165) is 24.8 Å². The van der Waals surface area contributed by atoms with E-state index in [1.807, 2.05) is 18.2 Å². The van der Waals surface area contributed by atoms with Gasteiger partial charge in [-0.2, -0.15) is 0 Å². The van der Waals surface area contributed by atoms with E-state index < -0.39 is 11.4 Å². The summed E-state index contributed by atoms with van der Waals surface area (Å²) in [4.78, 5) is 11.0. The van der Waals surface area contributed by atoms with Gasteiger partial charge in [-0.25, -0.2) is 0 Å². The van der Waals surface area contributed by atoms with Crippen molar-refractivity contribution in [3.8, 4) is 5.75 Å². The molecule has 4 heteroatoms. The van der Waals surface area contributed by atoms with Gasteiger partial charge in [0.05, 0.1) is 5.41 Å². The lowest BCUT2D eigenvalue weighted by Gasteiger charge is -2.24. The van der Waals surface area contributed by atoms with E-state index in [2.05, 4.69) is 0 Å². The Bertz CT molecular complexity index is 482. The molecule has 0 spiro atoms. The number of carboxylic acids is 1. The first-order valence-electron chi connectivity index (χ1n) is 6.65. The highest BCUT2D eigenvalue weighted by atomic mass is 16.5. The zero-order valence-corrected chi connectivity index (χ0v) is 11.5. The van der Waals surface area contributed by atoms with E-state index in [0.29, 0.717) is 5.75 Å². The fraction of sp³-hybridized carbons (Fsp3) is 0.533. The van der Waals surface area contributed by atoms with Crippen molar-refractivity contribution in [2.75, 3.05) is 6.61 Å². The van der Waals surface area contributed by atoms with Crippen molar-refractivity contribution in [1.29, 1.82) is 0 Å². The summed E-state index contributed by atoms with van der Waals surface area (Å²) in [5.41, 5.74) is 7.62. The summed E-state index contributed by atoms with van der Waals surface area (Å²) >= 11 is 0. The fourth-order valence-electron chi connectivity index (χ4n) is 2.23. The van der Waals surface area contributed by atoms with E-state index in [1.165, 1.54) is 5.56 Å². The van der Waals surface area contributed by atoms with Crippen molar-refractivity contribution < 1.29 is 14.6 Å². The van der Waals surface area contributed by atoms with Crippen LogP contribution in [-0.2, 0) is 11.2 Å². The first-order valence-corrected chi connectivity index (χ1v) is 6.65. The first-order chi connectivity index (χ1) is 8.90. The fourth-order valence-corrected chi connectivity index (χ4v) is 2.23. The smallest absolute Gasteiger partial charge is 0.312 e. The lowest BCUT2D eigenvalue weighted by Crippen LogP contribution is -2.30. The average molecular weight is 263 g/mol. The van der Waals surface area contributed by atoms with Gasteiger partial charge in [0, 0.05) is 6.04 Å². The van der Waals surface area contributed by atoms with Crippen LogP contribution in [0, 0.1) is 5.41 Å². The predicted molar refractivity (Wildman–Crippen MR) is 73.2 cm³/mol. The molecular weight excluding hydrogens is 242 g/mol. The monoisotopic (exact) mass is 263 g/mol. The largest absolute Gasteiger partial charge is 0.492 e. The number of aryl methyl sites for hydroxylation is 1. The Hall–Kier alpha value is -1.55. The van der Waals surface area contributed by atoms with E-state index in [1.54, 1.807) is 13.8 Å². The van der Waals surface area contributed by atoms with Crippen LogP contribution in [0.5, 0.6) is 5.75 Å². The zero-order chi connectivity index (χ0) is 14.0. The summed E-state index contributed by atoms with van der Waals surface area (Å²) in [6.45, 7) is 3.45. The van der Waals surface area contributed by atoms with Gasteiger partial charge in [0.1, 0.15) is 12.4 Å². The van der Waals surface area contributed by atoms with E-state index >= 15 is 0 Å². The van der Waals surface area contributed by atoms with E-state index in [9.17, 15) is 4.79 Å². The minimum Gasteiger partial charge on any atom is -0.492 e. The second-order valence-electron chi connectivity index (χ2n) is 5.84. The van der Waals surface area contributed by atoms with Gasteiger partial charge >= 0.3 is 5.97 Å². The van der Waals surface area contributed by atoms with Gasteiger partial charge in [-0.15, -0.1) is 0 Å². The highest BCUT2D eigenvalue weighted by molar-refractivity contribution is 5.73. The van der Waals surface area contributed by atoms with Gasteiger partial charge in [-0.05, 0) is 56.4 Å². The zero-order valence-electron chi connectivity index (χ0n) is 11.5. The van der Waals surface area contributed by atoms with Gasteiger partial charge in [0.25, 0.3) is 0 Å². The van der Waals surface area contributed by atoms with Crippen LogP contribution < -0.4 is 10.5 Å². The SMILES string of the molecule is CC(C)(COc1ccc2c(c1)[C@@H](N)CCC2)C(=O)O. The summed E-state index contributed by atoms with van der Waals surface area (Å²) in [5.74, 6) is -0.160. The van der Waals surface area contributed by atoms with Crippen LogP contribution >= 0.6 is 0 Å². The molecule has 1 atom stereocenters. The first kappa shape index (κ1) is 13.9. The summed E-state index contributed by atoms with van der Waals surface area (Å²) < 4.78 is 5.61. The number of ether oxygens (including phenoxy) is 1. The molecule has 0 saturated heterocycles. The third-order valence-corrected chi connectivity index (χ3v) is 3.66. The maximum Gasteiger partial charge on any atom is 0.312 e. The summed E-state index contributed by atoms with van der Waals surface area (Å²) in [6, 6.07) is 5.96. The van der Waals surface area contributed by atoms with Gasteiger partial charge in [0.15, 0.2) is 0 Å². The number of nitrogens with two attached hydrogens (primary N) is 1. The molecule has 0 saturated carbocycles. The molecule has 0 aliphatic heterocycles. The Morgan fingerprint density at radius 2 is 2.26 bits per heavy atom. The number of fused-ring (bicyclic) bond motifs is 1. The van der Waals surface area contributed by atoms with Crippen molar-refractivity contribution in [2.24, 2.45) is 11.1 Å².